The Morgan fingerprint density at radius 2 is 1.86 bits per heavy atom. The number of methoxy groups -OCH3 is 1. The number of hydrogen-bond acceptors (Lipinski definition) is 2. The Morgan fingerprint density at radius 1 is 1.14 bits per heavy atom. The zero-order chi connectivity index (χ0) is 15.5. The standard InChI is InChI=1S/C18H16FNO2/c1-22-17-9-8-15(18(21)20-10-11-20)12-14(17)7-6-13-4-2-3-5-16(13)19/h2-9,12H,10-11H2,1H3/b7-6+. The van der Waals surface area contributed by atoms with Gasteiger partial charge in [0.15, 0.2) is 0 Å². The fraction of sp³-hybridized carbons (Fsp3) is 0.167. The molecule has 2 aromatic carbocycles. The van der Waals surface area contributed by atoms with Gasteiger partial charge in [-0.15, -0.1) is 0 Å². The molecule has 0 spiro atoms. The first-order valence-electron chi connectivity index (χ1n) is 7.09. The van der Waals surface area contributed by atoms with Gasteiger partial charge in [0.05, 0.1) is 7.11 Å². The van der Waals surface area contributed by atoms with Gasteiger partial charge in [-0.25, -0.2) is 4.39 Å². The average Bonchev–Trinajstić information content (AvgIpc) is 3.38. The van der Waals surface area contributed by atoms with Crippen molar-refractivity contribution < 1.29 is 13.9 Å². The highest BCUT2D eigenvalue weighted by molar-refractivity contribution is 5.96. The van der Waals surface area contributed by atoms with E-state index in [1.165, 1.54) is 6.07 Å². The van der Waals surface area contributed by atoms with Gasteiger partial charge in [-0.2, -0.15) is 0 Å². The van der Waals surface area contributed by atoms with E-state index in [4.69, 9.17) is 4.74 Å². The number of rotatable bonds is 4. The molecular weight excluding hydrogens is 281 g/mol. The average molecular weight is 297 g/mol. The lowest BCUT2D eigenvalue weighted by Gasteiger charge is -2.08. The molecule has 4 heteroatoms. The van der Waals surface area contributed by atoms with Gasteiger partial charge >= 0.3 is 0 Å². The molecule has 1 aliphatic heterocycles. The summed E-state index contributed by atoms with van der Waals surface area (Å²) in [6.45, 7) is 1.62. The summed E-state index contributed by atoms with van der Waals surface area (Å²) < 4.78 is 19.0. The van der Waals surface area contributed by atoms with Crippen molar-refractivity contribution in [3.8, 4) is 5.75 Å². The Hall–Kier alpha value is -2.62. The number of ether oxygens (including phenoxy) is 1. The predicted octanol–water partition coefficient (Wildman–Crippen LogP) is 3.46. The van der Waals surface area contributed by atoms with Crippen LogP contribution in [0.3, 0.4) is 0 Å². The summed E-state index contributed by atoms with van der Waals surface area (Å²) in [6.07, 6.45) is 3.44. The van der Waals surface area contributed by atoms with Crippen LogP contribution >= 0.6 is 0 Å². The number of benzene rings is 2. The fourth-order valence-electron chi connectivity index (χ4n) is 2.22. The molecule has 22 heavy (non-hydrogen) atoms. The summed E-state index contributed by atoms with van der Waals surface area (Å²) in [7, 11) is 1.57. The molecule has 1 fully saturated rings. The summed E-state index contributed by atoms with van der Waals surface area (Å²) >= 11 is 0. The molecule has 3 nitrogen and oxygen atoms in total. The first kappa shape index (κ1) is 14.3. The van der Waals surface area contributed by atoms with Crippen molar-refractivity contribution in [3.05, 3.63) is 65.0 Å². The summed E-state index contributed by atoms with van der Waals surface area (Å²) in [5.74, 6) is 0.382. The van der Waals surface area contributed by atoms with Crippen molar-refractivity contribution in [2.75, 3.05) is 20.2 Å². The van der Waals surface area contributed by atoms with Crippen LogP contribution in [-0.4, -0.2) is 31.0 Å². The SMILES string of the molecule is COc1ccc(C(=O)N2CC2)cc1/C=C/c1ccccc1F. The van der Waals surface area contributed by atoms with E-state index in [2.05, 4.69) is 0 Å². The monoisotopic (exact) mass is 297 g/mol. The van der Waals surface area contributed by atoms with Gasteiger partial charge in [0.25, 0.3) is 5.91 Å². The van der Waals surface area contributed by atoms with Gasteiger partial charge in [0.1, 0.15) is 11.6 Å². The minimum absolute atomic E-state index is 0.0168. The molecule has 0 aliphatic carbocycles. The third-order valence-corrected chi connectivity index (χ3v) is 3.56. The van der Waals surface area contributed by atoms with E-state index in [0.717, 1.165) is 18.7 Å². The van der Waals surface area contributed by atoms with E-state index in [1.807, 2.05) is 0 Å². The lowest BCUT2D eigenvalue weighted by Crippen LogP contribution is -2.10. The van der Waals surface area contributed by atoms with Crippen LogP contribution in [0.5, 0.6) is 5.75 Å². The number of carbonyl (C=O) groups excluding carboxylic acids is 1. The van der Waals surface area contributed by atoms with Crippen LogP contribution < -0.4 is 4.74 Å². The molecule has 0 unspecified atom stereocenters. The second kappa shape index (κ2) is 6.02. The smallest absolute Gasteiger partial charge is 0.254 e. The lowest BCUT2D eigenvalue weighted by molar-refractivity contribution is 0.0885. The Balaban J connectivity index is 1.92. The Labute approximate surface area is 128 Å². The van der Waals surface area contributed by atoms with E-state index in [1.54, 1.807) is 60.6 Å². The van der Waals surface area contributed by atoms with Crippen molar-refractivity contribution in [3.63, 3.8) is 0 Å². The molecular formula is C18H16FNO2. The molecule has 0 atom stereocenters. The molecule has 0 aromatic heterocycles. The van der Waals surface area contributed by atoms with E-state index in [9.17, 15) is 9.18 Å². The number of carbonyl (C=O) groups is 1. The normalized spacial score (nSPS) is 13.5. The predicted molar refractivity (Wildman–Crippen MR) is 84.2 cm³/mol. The highest BCUT2D eigenvalue weighted by Gasteiger charge is 2.25. The maximum absolute atomic E-state index is 13.7. The van der Waals surface area contributed by atoms with Crippen LogP contribution in [-0.2, 0) is 0 Å². The second-order valence-corrected chi connectivity index (χ2v) is 5.10. The van der Waals surface area contributed by atoms with E-state index >= 15 is 0 Å². The van der Waals surface area contributed by atoms with Gasteiger partial charge in [-0.1, -0.05) is 30.4 Å². The van der Waals surface area contributed by atoms with Gasteiger partial charge in [-0.05, 0) is 24.3 Å². The van der Waals surface area contributed by atoms with Crippen LogP contribution in [0.25, 0.3) is 12.2 Å². The van der Waals surface area contributed by atoms with E-state index in [0.29, 0.717) is 16.9 Å². The summed E-state index contributed by atoms with van der Waals surface area (Å²) in [6, 6.07) is 11.8. The molecule has 0 N–H and O–H groups in total. The van der Waals surface area contributed by atoms with Crippen LogP contribution in [0.2, 0.25) is 0 Å². The Bertz CT molecular complexity index is 736. The molecule has 3 rings (SSSR count). The minimum atomic E-state index is -0.283. The van der Waals surface area contributed by atoms with Crippen molar-refractivity contribution in [2.45, 2.75) is 0 Å². The topological polar surface area (TPSA) is 29.3 Å². The number of halogens is 1. The zero-order valence-electron chi connectivity index (χ0n) is 12.3. The maximum atomic E-state index is 13.7. The maximum Gasteiger partial charge on any atom is 0.254 e. The second-order valence-electron chi connectivity index (χ2n) is 5.10. The Kier molecular flexibility index (Phi) is 3.92. The fourth-order valence-corrected chi connectivity index (χ4v) is 2.22. The van der Waals surface area contributed by atoms with E-state index < -0.39 is 0 Å². The van der Waals surface area contributed by atoms with Crippen molar-refractivity contribution in [1.29, 1.82) is 0 Å². The molecule has 1 amide bonds. The summed E-state index contributed by atoms with van der Waals surface area (Å²) in [4.78, 5) is 13.8. The van der Waals surface area contributed by atoms with Crippen molar-refractivity contribution in [2.24, 2.45) is 0 Å². The number of nitrogens with zero attached hydrogens (tertiary/aromatic N) is 1. The van der Waals surface area contributed by atoms with Gasteiger partial charge in [0.2, 0.25) is 0 Å². The quantitative estimate of drug-likeness (QED) is 0.639. The Morgan fingerprint density at radius 3 is 2.55 bits per heavy atom. The van der Waals surface area contributed by atoms with Gasteiger partial charge < -0.3 is 9.64 Å². The van der Waals surface area contributed by atoms with Gasteiger partial charge in [0, 0.05) is 29.8 Å². The van der Waals surface area contributed by atoms with Gasteiger partial charge in [-0.3, -0.25) is 4.79 Å². The van der Waals surface area contributed by atoms with Crippen molar-refractivity contribution in [1.82, 2.24) is 4.90 Å². The first-order chi connectivity index (χ1) is 10.7. The first-order valence-corrected chi connectivity index (χ1v) is 7.09. The summed E-state index contributed by atoms with van der Waals surface area (Å²) in [5.41, 5.74) is 1.86. The minimum Gasteiger partial charge on any atom is -0.496 e. The largest absolute Gasteiger partial charge is 0.496 e. The van der Waals surface area contributed by atoms with Crippen LogP contribution in [0, 0.1) is 5.82 Å². The van der Waals surface area contributed by atoms with Crippen LogP contribution in [0.1, 0.15) is 21.5 Å². The number of hydrogen-bond donors (Lipinski definition) is 0. The third kappa shape index (κ3) is 3.01. The van der Waals surface area contributed by atoms with Crippen LogP contribution in [0.4, 0.5) is 4.39 Å². The summed E-state index contributed by atoms with van der Waals surface area (Å²) in [5, 5.41) is 0. The molecule has 0 bridgehead atoms. The molecule has 1 heterocycles. The molecule has 112 valence electrons. The number of amides is 1. The highest BCUT2D eigenvalue weighted by atomic mass is 19.1. The molecule has 1 aliphatic rings. The van der Waals surface area contributed by atoms with Crippen molar-refractivity contribution >= 4 is 18.1 Å². The molecule has 0 saturated carbocycles. The van der Waals surface area contributed by atoms with E-state index in [-0.39, 0.29) is 11.7 Å². The third-order valence-electron chi connectivity index (χ3n) is 3.56. The molecule has 0 radical (unpaired) electrons. The zero-order valence-corrected chi connectivity index (χ0v) is 12.3. The van der Waals surface area contributed by atoms with Crippen LogP contribution in [0.15, 0.2) is 42.5 Å². The lowest BCUT2D eigenvalue weighted by atomic mass is 10.1. The molecule has 1 saturated heterocycles. The molecule has 2 aromatic rings. The highest BCUT2D eigenvalue weighted by Crippen LogP contribution is 2.24.